The molecule has 0 heterocycles. The Morgan fingerprint density at radius 3 is 2.33 bits per heavy atom. The third-order valence-electron chi connectivity index (χ3n) is 11.2. The van der Waals surface area contributed by atoms with Gasteiger partial charge in [-0.1, -0.05) is 69.7 Å². The summed E-state index contributed by atoms with van der Waals surface area (Å²) in [5.41, 5.74) is 2.40. The first kappa shape index (κ1) is 33.2. The molecule has 3 saturated carbocycles. The predicted octanol–water partition coefficient (Wildman–Crippen LogP) is 8.50. The van der Waals surface area contributed by atoms with Crippen LogP contribution in [0.25, 0.3) is 0 Å². The van der Waals surface area contributed by atoms with Crippen LogP contribution < -0.4 is 0 Å². The molecular weight excluding hydrogens is 572 g/mol. The highest BCUT2D eigenvalue weighted by molar-refractivity contribution is 8.22. The monoisotopic (exact) mass is 622 g/mol. The number of fused-ring (bicyclic) bond motifs is 5. The Morgan fingerprint density at radius 2 is 1.69 bits per heavy atom. The van der Waals surface area contributed by atoms with Gasteiger partial charge in [0.25, 0.3) is 0 Å². The molecular formula is C33H50O7S2. The first-order chi connectivity index (χ1) is 19.9. The second kappa shape index (κ2) is 13.5. The number of methoxy groups -OCH3 is 2. The van der Waals surface area contributed by atoms with Gasteiger partial charge >= 0.3 is 12.3 Å². The average molecular weight is 623 g/mol. The largest absolute Gasteiger partial charge is 0.508 e. The standard InChI is InChI=1S/C33H50O7S2/c1-19(2)9-14-27(39-31(41)42-8)20(3)24-12-13-25-23-11-10-21-17-22(38-29(34)36-6)18-28(40-30(35)37-7)33(21,5)26(23)15-16-32(24,25)4/h10-11,19-20,22,24-28H,9,12-18H2,1-8H3/t20-,22+,24+,25-,26-,27?,28-,32+,33-/m0/s1. The summed E-state index contributed by atoms with van der Waals surface area (Å²) in [4.78, 5) is 24.4. The normalized spacial score (nSPS) is 34.9. The van der Waals surface area contributed by atoms with Crippen molar-refractivity contribution in [3.8, 4) is 0 Å². The smallest absolute Gasteiger partial charge is 0.475 e. The molecule has 1 unspecified atom stereocenters. The molecule has 0 spiro atoms. The van der Waals surface area contributed by atoms with Gasteiger partial charge in [-0.25, -0.2) is 9.59 Å². The number of thiocarbonyl (C=S) groups is 1. The van der Waals surface area contributed by atoms with Crippen LogP contribution in [0.5, 0.6) is 0 Å². The Kier molecular flexibility index (Phi) is 10.7. The van der Waals surface area contributed by atoms with Crippen molar-refractivity contribution >= 4 is 40.7 Å². The van der Waals surface area contributed by atoms with Crippen molar-refractivity contribution < 1.29 is 33.3 Å². The average Bonchev–Trinajstić information content (AvgIpc) is 3.32. The molecule has 0 amide bonds. The highest BCUT2D eigenvalue weighted by atomic mass is 32.2. The molecule has 9 atom stereocenters. The van der Waals surface area contributed by atoms with E-state index in [1.165, 1.54) is 38.0 Å². The van der Waals surface area contributed by atoms with Crippen LogP contribution in [-0.2, 0) is 23.7 Å². The van der Waals surface area contributed by atoms with Crippen molar-refractivity contribution in [1.82, 2.24) is 0 Å². The Balaban J connectivity index is 1.62. The zero-order valence-electron chi connectivity index (χ0n) is 26.6. The van der Waals surface area contributed by atoms with Gasteiger partial charge in [-0.2, -0.15) is 0 Å². The van der Waals surface area contributed by atoms with Crippen LogP contribution in [0.4, 0.5) is 9.59 Å². The summed E-state index contributed by atoms with van der Waals surface area (Å²) in [5.74, 6) is 2.26. The van der Waals surface area contributed by atoms with E-state index in [4.69, 9.17) is 35.9 Å². The van der Waals surface area contributed by atoms with Crippen LogP contribution >= 0.6 is 24.0 Å². The number of ether oxygens (including phenoxy) is 5. The quantitative estimate of drug-likeness (QED) is 0.195. The number of rotatable bonds is 8. The SMILES string of the molecule is COC(=O)O[C@@H]1CC2=CC=C3[C@@H]4CC[C@H]([C@H](C)C(CCC(C)C)OC(=S)SC)[C@@]4(C)CC[C@@H]3[C@@]2(C)[C@@H](OC(=O)OC)C1. The van der Waals surface area contributed by atoms with Crippen molar-refractivity contribution in [2.24, 2.45) is 40.4 Å². The van der Waals surface area contributed by atoms with E-state index >= 15 is 0 Å². The number of hydrogen-bond acceptors (Lipinski definition) is 9. The number of hydrogen-bond donors (Lipinski definition) is 0. The maximum atomic E-state index is 12.4. The van der Waals surface area contributed by atoms with E-state index in [9.17, 15) is 9.59 Å². The number of carbonyl (C=O) groups is 2. The summed E-state index contributed by atoms with van der Waals surface area (Å²) in [7, 11) is 2.63. The molecule has 0 aromatic rings. The molecule has 4 rings (SSSR count). The molecule has 0 bridgehead atoms. The molecule has 236 valence electrons. The Hall–Kier alpha value is -1.74. The topological polar surface area (TPSA) is 80.3 Å². The highest BCUT2D eigenvalue weighted by Gasteiger charge is 2.60. The van der Waals surface area contributed by atoms with E-state index in [1.807, 2.05) is 6.26 Å². The summed E-state index contributed by atoms with van der Waals surface area (Å²) in [6.45, 7) is 11.7. The zero-order valence-corrected chi connectivity index (χ0v) is 28.2. The fourth-order valence-corrected chi connectivity index (χ4v) is 9.22. The maximum absolute atomic E-state index is 12.4. The number of carbonyl (C=O) groups excluding carboxylic acids is 2. The van der Waals surface area contributed by atoms with Crippen molar-refractivity contribution in [2.75, 3.05) is 20.5 Å². The van der Waals surface area contributed by atoms with E-state index in [0.717, 1.165) is 37.7 Å². The lowest BCUT2D eigenvalue weighted by Gasteiger charge is -2.57. The highest BCUT2D eigenvalue weighted by Crippen LogP contribution is 2.66. The maximum Gasteiger partial charge on any atom is 0.508 e. The molecule has 4 aliphatic rings. The van der Waals surface area contributed by atoms with E-state index in [1.54, 1.807) is 0 Å². The predicted molar refractivity (Wildman–Crippen MR) is 169 cm³/mol. The third-order valence-corrected chi connectivity index (χ3v) is 12.2. The molecule has 0 radical (unpaired) electrons. The van der Waals surface area contributed by atoms with E-state index in [-0.39, 0.29) is 17.4 Å². The summed E-state index contributed by atoms with van der Waals surface area (Å²) >= 11 is 7.04. The molecule has 7 nitrogen and oxygen atoms in total. The molecule has 9 heteroatoms. The van der Waals surface area contributed by atoms with E-state index < -0.39 is 29.9 Å². The van der Waals surface area contributed by atoms with Gasteiger partial charge in [-0.15, -0.1) is 0 Å². The number of thioether (sulfide) groups is 1. The van der Waals surface area contributed by atoms with Gasteiger partial charge in [-0.05, 0) is 92.0 Å². The lowest BCUT2D eigenvalue weighted by Crippen LogP contribution is -2.54. The van der Waals surface area contributed by atoms with Gasteiger partial charge in [0.05, 0.1) is 14.2 Å². The minimum atomic E-state index is -0.721. The molecule has 3 fully saturated rings. The molecule has 0 aromatic carbocycles. The molecule has 0 saturated heterocycles. The molecule has 0 aromatic heterocycles. The lowest BCUT2D eigenvalue weighted by molar-refractivity contribution is -0.0840. The lowest BCUT2D eigenvalue weighted by atomic mass is 9.49. The summed E-state index contributed by atoms with van der Waals surface area (Å²) < 4.78 is 28.2. The van der Waals surface area contributed by atoms with Crippen LogP contribution in [-0.4, -0.2) is 55.5 Å². The van der Waals surface area contributed by atoms with Crippen LogP contribution in [0.1, 0.15) is 86.0 Å². The fraction of sp³-hybridized carbons (Fsp3) is 0.788. The van der Waals surface area contributed by atoms with Crippen LogP contribution in [0, 0.1) is 40.4 Å². The second-order valence-electron chi connectivity index (χ2n) is 13.6. The minimum absolute atomic E-state index is 0.123. The summed E-state index contributed by atoms with van der Waals surface area (Å²) in [5, 5.41) is 0. The summed E-state index contributed by atoms with van der Waals surface area (Å²) in [6, 6.07) is 0. The van der Waals surface area contributed by atoms with Gasteiger partial charge in [-0.3, -0.25) is 0 Å². The van der Waals surface area contributed by atoms with Crippen molar-refractivity contribution in [2.45, 2.75) is 104 Å². The van der Waals surface area contributed by atoms with Gasteiger partial charge in [0.2, 0.25) is 4.38 Å². The first-order valence-electron chi connectivity index (χ1n) is 15.5. The van der Waals surface area contributed by atoms with Crippen LogP contribution in [0.15, 0.2) is 23.3 Å². The third kappa shape index (κ3) is 6.38. The zero-order chi connectivity index (χ0) is 30.8. The molecule has 0 aliphatic heterocycles. The van der Waals surface area contributed by atoms with E-state index in [0.29, 0.717) is 40.9 Å². The fourth-order valence-electron chi connectivity index (χ4n) is 8.88. The Morgan fingerprint density at radius 1 is 1.00 bits per heavy atom. The van der Waals surface area contributed by atoms with Gasteiger partial charge in [0.15, 0.2) is 0 Å². The second-order valence-corrected chi connectivity index (χ2v) is 15.0. The Bertz CT molecular complexity index is 1090. The van der Waals surface area contributed by atoms with Crippen LogP contribution in [0.2, 0.25) is 0 Å². The molecule has 42 heavy (non-hydrogen) atoms. The first-order valence-corrected chi connectivity index (χ1v) is 17.2. The van der Waals surface area contributed by atoms with Crippen molar-refractivity contribution in [3.63, 3.8) is 0 Å². The van der Waals surface area contributed by atoms with Crippen molar-refractivity contribution in [1.29, 1.82) is 0 Å². The van der Waals surface area contributed by atoms with Crippen molar-refractivity contribution in [3.05, 3.63) is 23.3 Å². The Labute approximate surface area is 261 Å². The van der Waals surface area contributed by atoms with E-state index in [2.05, 4.69) is 46.8 Å². The van der Waals surface area contributed by atoms with Crippen LogP contribution in [0.3, 0.4) is 0 Å². The summed E-state index contributed by atoms with van der Waals surface area (Å²) in [6.07, 6.45) is 11.9. The molecule has 0 N–H and O–H groups in total. The van der Waals surface area contributed by atoms with Gasteiger partial charge < -0.3 is 23.7 Å². The minimum Gasteiger partial charge on any atom is -0.475 e. The number of allylic oxidation sites excluding steroid dienone is 3. The molecule has 4 aliphatic carbocycles. The van der Waals surface area contributed by atoms with Gasteiger partial charge in [0.1, 0.15) is 18.3 Å². The van der Waals surface area contributed by atoms with Gasteiger partial charge in [0, 0.05) is 18.3 Å².